The first-order valence-electron chi connectivity index (χ1n) is 10.9. The number of urea groups is 1. The maximum atomic E-state index is 10.0. The Bertz CT molecular complexity index is 1370. The van der Waals surface area contributed by atoms with Crippen LogP contribution in [0.15, 0.2) is 64.5 Å². The van der Waals surface area contributed by atoms with Gasteiger partial charge in [-0.1, -0.05) is 0 Å². The Kier molecular flexibility index (Phi) is 36.4. The summed E-state index contributed by atoms with van der Waals surface area (Å²) in [5, 5.41) is 29.6. The molecule has 0 aliphatic carbocycles. The van der Waals surface area contributed by atoms with Gasteiger partial charge in [0, 0.05) is 0 Å². The van der Waals surface area contributed by atoms with Gasteiger partial charge >= 0.3 is 61.1 Å². The molecule has 0 unspecified atom stereocenters. The Balaban J connectivity index is -0.000000481. The number of H-pyrrole nitrogens is 1. The van der Waals surface area contributed by atoms with Crippen molar-refractivity contribution in [2.75, 3.05) is 5.73 Å². The molecule has 0 radical (unpaired) electrons. The maximum absolute atomic E-state index is 10.0. The second kappa shape index (κ2) is 36.6. The van der Waals surface area contributed by atoms with Gasteiger partial charge in [-0.25, -0.2) is 35.1 Å². The van der Waals surface area contributed by atoms with E-state index >= 15 is 0 Å². The van der Waals surface area contributed by atoms with Crippen LogP contribution in [-0.2, 0) is 23.8 Å². The summed E-state index contributed by atoms with van der Waals surface area (Å²) in [4.78, 5) is 64.9. The van der Waals surface area contributed by atoms with Crippen LogP contribution in [0, 0.1) is 0 Å². The number of aromatic nitrogens is 12. The first-order valence-corrected chi connectivity index (χ1v) is 20.3. The standard InChI is InChI=1S/C5H7N5.C3H2ClN3.C3H4N4.C3H5N3O2.C3H3N3O.C2H2O2.2HI.V/c1-4(6)9-5-7-2-3-8-10-5;2*4-3-5-1-2-6-7-3;4-3(8)6-5-1-2-7;7-3-4-1-2-5-6-3;3-1-2-4;;;/h2-3H,1H3,(H2,6,7,9,10);1-2H;1-2H,(H2,4,5,7);1-2H,(H3,4,6,8);1-2H,(H,4,6,7);1-2H;2*1H;/q;;;;;;;;+2/p-2/b;;;5-1-;;;;;. The van der Waals surface area contributed by atoms with E-state index in [9.17, 15) is 14.4 Å². The van der Waals surface area contributed by atoms with E-state index in [4.69, 9.17) is 32.7 Å². The predicted molar refractivity (Wildman–Crippen MR) is 176 cm³/mol. The number of amidine groups is 1. The zero-order valence-corrected chi connectivity index (χ0v) is 29.6. The SMILES string of the molecule is CC(N)=Nc1nccnn1.Clc1nccnn1.NC(=O)N/N=C\C=O.Nc1nccnn1.O=CC=O.O=c1nccn[nH]1.[I][V][I]. The number of halogens is 3. The van der Waals surface area contributed by atoms with Gasteiger partial charge < -0.3 is 17.2 Å². The number of hydrogen-bond donors (Lipinski definition) is 5. The molecule has 4 aromatic heterocycles. The molecule has 2 amide bonds. The number of nitrogens with zero attached hydrogens (tertiary/aromatic N) is 13. The fourth-order valence-electron chi connectivity index (χ4n) is 1.33. The van der Waals surface area contributed by atoms with Gasteiger partial charge in [-0.3, -0.25) is 14.4 Å². The Morgan fingerprint density at radius 2 is 1.41 bits per heavy atom. The van der Waals surface area contributed by atoms with Crippen LogP contribution in [0.5, 0.6) is 0 Å². The van der Waals surface area contributed by atoms with Crippen molar-refractivity contribution >= 4 is 100 Å². The van der Waals surface area contributed by atoms with E-state index in [1.54, 1.807) is 6.92 Å². The summed E-state index contributed by atoms with van der Waals surface area (Å²) >= 11 is 9.99. The molecule has 8 N–H and O–H groups in total. The van der Waals surface area contributed by atoms with Crippen molar-refractivity contribution in [3.63, 3.8) is 0 Å². The summed E-state index contributed by atoms with van der Waals surface area (Å²) in [6.07, 6.45) is 13.3. The Morgan fingerprint density at radius 1 is 0.870 bits per heavy atom. The molecule has 245 valence electrons. The summed E-state index contributed by atoms with van der Waals surface area (Å²) in [7, 11) is 0.628. The van der Waals surface area contributed by atoms with Crippen LogP contribution < -0.4 is 28.3 Å². The van der Waals surface area contributed by atoms with E-state index in [2.05, 4.69) is 117 Å². The number of primary amides is 1. The van der Waals surface area contributed by atoms with Gasteiger partial charge in [-0.2, -0.15) is 35.5 Å². The molecule has 0 bridgehead atoms. The summed E-state index contributed by atoms with van der Waals surface area (Å²) in [6, 6.07) is -0.789. The Hall–Kier alpha value is -4.61. The number of hydrogen-bond acceptors (Lipinski definition) is 19. The molecule has 4 heterocycles. The van der Waals surface area contributed by atoms with Gasteiger partial charge in [0.2, 0.25) is 11.2 Å². The summed E-state index contributed by atoms with van der Waals surface area (Å²) in [5.74, 6) is 0.929. The Morgan fingerprint density at radius 3 is 1.67 bits per heavy atom. The van der Waals surface area contributed by atoms with Gasteiger partial charge in [0.15, 0.2) is 18.9 Å². The van der Waals surface area contributed by atoms with Crippen LogP contribution in [0.25, 0.3) is 0 Å². The summed E-state index contributed by atoms with van der Waals surface area (Å²) in [6.45, 7) is 1.66. The molecule has 4 aromatic rings. The van der Waals surface area contributed by atoms with Crippen LogP contribution >= 0.6 is 51.6 Å². The molecule has 0 fully saturated rings. The van der Waals surface area contributed by atoms with Gasteiger partial charge in [-0.15, -0.1) is 15.3 Å². The molecule has 0 saturated heterocycles. The van der Waals surface area contributed by atoms with Crippen LogP contribution in [0.3, 0.4) is 0 Å². The van der Waals surface area contributed by atoms with E-state index in [1.165, 1.54) is 49.6 Å². The van der Waals surface area contributed by atoms with E-state index in [1.807, 2.05) is 5.43 Å². The number of nitrogens with one attached hydrogen (secondary N) is 2. The normalized spacial score (nSPS) is 8.74. The molecule has 4 rings (SSSR count). The quantitative estimate of drug-likeness (QED) is 0.0410. The molecule has 27 heteroatoms. The zero-order valence-electron chi connectivity index (χ0n) is 23.1. The first-order chi connectivity index (χ1) is 22.1. The third kappa shape index (κ3) is 41.5. The van der Waals surface area contributed by atoms with E-state index in [0.717, 1.165) is 6.21 Å². The average Bonchev–Trinajstić information content (AvgIpc) is 3.04. The minimum atomic E-state index is -0.789. The first kappa shape index (κ1) is 45.8. The molecule has 0 aliphatic rings. The number of hydrazone groups is 1. The second-order valence-corrected chi connectivity index (χ2v) is 17.9. The molecule has 0 spiro atoms. The minimum absolute atomic E-state index is 0.183. The van der Waals surface area contributed by atoms with Crippen LogP contribution in [0.1, 0.15) is 6.92 Å². The van der Waals surface area contributed by atoms with Crippen molar-refractivity contribution in [1.29, 1.82) is 0 Å². The number of nitrogen functional groups attached to an aromatic ring is 1. The van der Waals surface area contributed by atoms with E-state index in [-0.39, 0.29) is 23.8 Å². The molecular formula is C19H23ClI2N18O5V. The molecular weight excluding hydrogens is 901 g/mol. The summed E-state index contributed by atoms with van der Waals surface area (Å²) in [5.41, 5.74) is 16.3. The van der Waals surface area contributed by atoms with Gasteiger partial charge in [0.1, 0.15) is 0 Å². The third-order valence-electron chi connectivity index (χ3n) is 2.56. The van der Waals surface area contributed by atoms with Gasteiger partial charge in [0.05, 0.1) is 61.6 Å². The molecule has 0 aromatic carbocycles. The van der Waals surface area contributed by atoms with E-state index < -0.39 is 11.7 Å². The van der Waals surface area contributed by atoms with Crippen molar-refractivity contribution < 1.29 is 28.6 Å². The topological polar surface area (TPSA) is 358 Å². The van der Waals surface area contributed by atoms with E-state index in [0.29, 0.717) is 27.5 Å². The number of anilines is 1. The third-order valence-corrected chi connectivity index (χ3v) is 2.73. The fraction of sp³-hybridized carbons (Fsp3) is 0.0526. The number of rotatable bonds is 4. The molecule has 0 saturated carbocycles. The number of amides is 2. The van der Waals surface area contributed by atoms with Crippen molar-refractivity contribution in [3.8, 4) is 0 Å². The molecule has 0 aliphatic heterocycles. The van der Waals surface area contributed by atoms with Crippen molar-refractivity contribution in [3.05, 3.63) is 65.3 Å². The van der Waals surface area contributed by atoms with Crippen LogP contribution in [-0.4, -0.2) is 97.7 Å². The fourth-order valence-corrected chi connectivity index (χ4v) is 1.43. The monoisotopic (exact) mass is 923 g/mol. The van der Waals surface area contributed by atoms with Gasteiger partial charge in [0.25, 0.3) is 5.95 Å². The number of nitrogens with two attached hydrogens (primary N) is 3. The van der Waals surface area contributed by atoms with Crippen molar-refractivity contribution in [2.24, 2.45) is 21.6 Å². The van der Waals surface area contributed by atoms with Crippen molar-refractivity contribution in [1.82, 2.24) is 66.2 Å². The Labute approximate surface area is 292 Å². The number of aliphatic imine (C=N–C) groups is 1. The average molecular weight is 924 g/mol. The predicted octanol–water partition coefficient (Wildman–Crippen LogP) is -0.984. The van der Waals surface area contributed by atoms with Crippen LogP contribution in [0.2, 0.25) is 5.28 Å². The van der Waals surface area contributed by atoms with Crippen molar-refractivity contribution in [2.45, 2.75) is 6.92 Å². The molecule has 23 nitrogen and oxygen atoms in total. The molecule has 46 heavy (non-hydrogen) atoms. The number of carbonyl (C=O) groups is 4. The zero-order chi connectivity index (χ0) is 35.3. The van der Waals surface area contributed by atoms with Crippen LogP contribution in [0.4, 0.5) is 16.7 Å². The molecule has 0 atom stereocenters. The number of carbonyl (C=O) groups excluding carboxylic acids is 4. The van der Waals surface area contributed by atoms with Gasteiger partial charge in [-0.05, 0) is 18.5 Å². The summed E-state index contributed by atoms with van der Waals surface area (Å²) < 4.78 is 0. The number of aldehydes is 3. The number of aromatic amines is 1. The second-order valence-electron chi connectivity index (χ2n) is 5.81.